The zero-order chi connectivity index (χ0) is 11.3. The molecule has 0 aliphatic carbocycles. The van der Waals surface area contributed by atoms with Gasteiger partial charge in [-0.15, -0.1) is 5.10 Å². The van der Waals surface area contributed by atoms with Crippen molar-refractivity contribution in [2.24, 2.45) is 0 Å². The molecule has 0 saturated heterocycles. The normalized spacial score (nSPS) is 10.0. The lowest BCUT2D eigenvalue weighted by Gasteiger charge is -1.95. The molecule has 1 heterocycles. The molecular formula is C9H12N2O3S. The topological polar surface area (TPSA) is 65.2 Å². The first-order valence-electron chi connectivity index (χ1n) is 4.41. The van der Waals surface area contributed by atoms with E-state index in [9.17, 15) is 4.79 Å². The Hall–Kier alpha value is -1.30. The van der Waals surface area contributed by atoms with E-state index in [2.05, 4.69) is 16.8 Å². The van der Waals surface area contributed by atoms with E-state index in [0.717, 1.165) is 5.57 Å². The van der Waals surface area contributed by atoms with Gasteiger partial charge in [0, 0.05) is 5.75 Å². The maximum atomic E-state index is 11.2. The minimum atomic E-state index is -0.591. The van der Waals surface area contributed by atoms with Gasteiger partial charge >= 0.3 is 11.9 Å². The Bertz CT molecular complexity index is 362. The summed E-state index contributed by atoms with van der Waals surface area (Å²) in [6.07, 6.45) is 0. The van der Waals surface area contributed by atoms with Gasteiger partial charge in [-0.1, -0.05) is 29.0 Å². The molecule has 1 aromatic heterocycles. The van der Waals surface area contributed by atoms with Gasteiger partial charge in [-0.25, -0.2) is 4.79 Å². The molecule has 1 rings (SSSR count). The van der Waals surface area contributed by atoms with E-state index in [0.29, 0.717) is 11.0 Å². The Morgan fingerprint density at radius 1 is 1.60 bits per heavy atom. The van der Waals surface area contributed by atoms with Crippen molar-refractivity contribution in [1.82, 2.24) is 10.2 Å². The van der Waals surface area contributed by atoms with Crippen LogP contribution < -0.4 is 0 Å². The summed E-state index contributed by atoms with van der Waals surface area (Å²) in [4.78, 5) is 11.2. The molecule has 1 aromatic rings. The third-order valence-electron chi connectivity index (χ3n) is 1.30. The predicted octanol–water partition coefficient (Wildman–Crippen LogP) is 1.91. The van der Waals surface area contributed by atoms with Gasteiger partial charge in [-0.3, -0.25) is 0 Å². The predicted molar refractivity (Wildman–Crippen MR) is 55.8 cm³/mol. The number of thioether (sulfide) groups is 1. The molecule has 0 aliphatic heterocycles. The summed E-state index contributed by atoms with van der Waals surface area (Å²) in [6, 6.07) is 0. The largest absolute Gasteiger partial charge is 0.459 e. The molecule has 0 aromatic carbocycles. The van der Waals surface area contributed by atoms with Crippen LogP contribution >= 0.6 is 11.8 Å². The van der Waals surface area contributed by atoms with Gasteiger partial charge in [0.05, 0.1) is 6.61 Å². The maximum absolute atomic E-state index is 11.2. The molecule has 0 amide bonds. The second-order valence-corrected chi connectivity index (χ2v) is 3.77. The number of ether oxygens (including phenoxy) is 1. The lowest BCUT2D eigenvalue weighted by atomic mass is 10.4. The van der Waals surface area contributed by atoms with Crippen molar-refractivity contribution in [1.29, 1.82) is 0 Å². The fourth-order valence-electron chi connectivity index (χ4n) is 0.728. The minimum absolute atomic E-state index is 0.110. The molecular weight excluding hydrogens is 216 g/mol. The van der Waals surface area contributed by atoms with Gasteiger partial charge in [0.2, 0.25) is 0 Å². The zero-order valence-electron chi connectivity index (χ0n) is 8.65. The lowest BCUT2D eigenvalue weighted by Crippen LogP contribution is -2.04. The molecule has 0 unspecified atom stereocenters. The first kappa shape index (κ1) is 11.8. The summed E-state index contributed by atoms with van der Waals surface area (Å²) in [6.45, 7) is 7.64. The van der Waals surface area contributed by atoms with Crippen LogP contribution in [0.1, 0.15) is 24.5 Å². The molecule has 0 saturated carbocycles. The van der Waals surface area contributed by atoms with Crippen LogP contribution in [0.5, 0.6) is 0 Å². The molecule has 82 valence electrons. The number of hydrogen-bond donors (Lipinski definition) is 0. The average Bonchev–Trinajstić information content (AvgIpc) is 2.63. The van der Waals surface area contributed by atoms with Crippen LogP contribution in [-0.4, -0.2) is 28.5 Å². The van der Waals surface area contributed by atoms with Crippen LogP contribution in [0.2, 0.25) is 0 Å². The Labute approximate surface area is 91.9 Å². The van der Waals surface area contributed by atoms with Gasteiger partial charge in [-0.05, 0) is 13.8 Å². The molecule has 0 fully saturated rings. The molecule has 0 N–H and O–H groups in total. The van der Waals surface area contributed by atoms with E-state index in [-0.39, 0.29) is 12.5 Å². The highest BCUT2D eigenvalue weighted by molar-refractivity contribution is 7.99. The quantitative estimate of drug-likeness (QED) is 0.436. The zero-order valence-corrected chi connectivity index (χ0v) is 9.47. The maximum Gasteiger partial charge on any atom is 0.396 e. The Balaban J connectivity index is 2.56. The van der Waals surface area contributed by atoms with Crippen molar-refractivity contribution in [3.8, 4) is 0 Å². The van der Waals surface area contributed by atoms with Gasteiger partial charge in [0.15, 0.2) is 0 Å². The van der Waals surface area contributed by atoms with Crippen LogP contribution in [0.4, 0.5) is 0 Å². The summed E-state index contributed by atoms with van der Waals surface area (Å²) in [5.41, 5.74) is 0.996. The molecule has 0 aliphatic rings. The van der Waals surface area contributed by atoms with E-state index in [1.165, 1.54) is 11.8 Å². The van der Waals surface area contributed by atoms with Crippen molar-refractivity contribution in [2.45, 2.75) is 19.1 Å². The van der Waals surface area contributed by atoms with Gasteiger partial charge in [0.1, 0.15) is 0 Å². The molecule has 0 atom stereocenters. The van der Waals surface area contributed by atoms with Gasteiger partial charge in [0.25, 0.3) is 5.22 Å². The Kier molecular flexibility index (Phi) is 4.36. The standard InChI is InChI=1S/C9H12N2O3S/c1-4-13-8(12)7-10-11-9(14-7)15-5-6(2)3/h2,4-5H2,1,3H3. The third-order valence-corrected chi connectivity index (χ3v) is 2.35. The molecule has 6 heteroatoms. The van der Waals surface area contributed by atoms with Crippen LogP contribution in [0.3, 0.4) is 0 Å². The van der Waals surface area contributed by atoms with E-state index < -0.39 is 5.97 Å². The number of aromatic nitrogens is 2. The highest BCUT2D eigenvalue weighted by atomic mass is 32.2. The summed E-state index contributed by atoms with van der Waals surface area (Å²) in [5, 5.41) is 7.61. The summed E-state index contributed by atoms with van der Waals surface area (Å²) < 4.78 is 9.78. The lowest BCUT2D eigenvalue weighted by molar-refractivity contribution is 0.0475. The van der Waals surface area contributed by atoms with Crippen LogP contribution in [0, 0.1) is 0 Å². The molecule has 5 nitrogen and oxygen atoms in total. The van der Waals surface area contributed by atoms with E-state index >= 15 is 0 Å². The fourth-order valence-corrected chi connectivity index (χ4v) is 1.33. The first-order chi connectivity index (χ1) is 7.13. The SMILES string of the molecule is C=C(C)CSc1nnc(C(=O)OCC)o1. The highest BCUT2D eigenvalue weighted by Gasteiger charge is 2.15. The first-order valence-corrected chi connectivity index (χ1v) is 5.39. The third kappa shape index (κ3) is 3.75. The Morgan fingerprint density at radius 3 is 2.93 bits per heavy atom. The minimum Gasteiger partial charge on any atom is -0.459 e. The Morgan fingerprint density at radius 2 is 2.33 bits per heavy atom. The van der Waals surface area contributed by atoms with Crippen molar-refractivity contribution >= 4 is 17.7 Å². The summed E-state index contributed by atoms with van der Waals surface area (Å²) in [7, 11) is 0. The van der Waals surface area contributed by atoms with Crippen molar-refractivity contribution < 1.29 is 13.9 Å². The van der Waals surface area contributed by atoms with Crippen molar-refractivity contribution in [2.75, 3.05) is 12.4 Å². The number of nitrogens with zero attached hydrogens (tertiary/aromatic N) is 2. The van der Waals surface area contributed by atoms with Gasteiger partial charge < -0.3 is 9.15 Å². The monoisotopic (exact) mass is 228 g/mol. The highest BCUT2D eigenvalue weighted by Crippen LogP contribution is 2.18. The summed E-state index contributed by atoms with van der Waals surface area (Å²) in [5.74, 6) is -0.0157. The fraction of sp³-hybridized carbons (Fsp3) is 0.444. The molecule has 0 spiro atoms. The number of esters is 1. The molecule has 15 heavy (non-hydrogen) atoms. The number of carbonyl (C=O) groups excluding carboxylic acids is 1. The second kappa shape index (κ2) is 5.55. The van der Waals surface area contributed by atoms with Crippen molar-refractivity contribution in [3.63, 3.8) is 0 Å². The van der Waals surface area contributed by atoms with Gasteiger partial charge in [-0.2, -0.15) is 0 Å². The molecule has 0 radical (unpaired) electrons. The smallest absolute Gasteiger partial charge is 0.396 e. The van der Waals surface area contributed by atoms with E-state index in [4.69, 9.17) is 9.15 Å². The van der Waals surface area contributed by atoms with Crippen LogP contribution in [0.15, 0.2) is 21.8 Å². The number of hydrogen-bond acceptors (Lipinski definition) is 6. The average molecular weight is 228 g/mol. The number of carbonyl (C=O) groups is 1. The van der Waals surface area contributed by atoms with E-state index in [1.807, 2.05) is 6.92 Å². The summed E-state index contributed by atoms with van der Waals surface area (Å²) >= 11 is 1.34. The van der Waals surface area contributed by atoms with Crippen LogP contribution in [-0.2, 0) is 4.74 Å². The number of rotatable bonds is 5. The second-order valence-electron chi connectivity index (χ2n) is 2.84. The van der Waals surface area contributed by atoms with E-state index in [1.54, 1.807) is 6.92 Å². The molecule has 0 bridgehead atoms. The van der Waals surface area contributed by atoms with Crippen molar-refractivity contribution in [3.05, 3.63) is 18.0 Å². The van der Waals surface area contributed by atoms with Crippen LogP contribution in [0.25, 0.3) is 0 Å².